The van der Waals surface area contributed by atoms with Crippen molar-refractivity contribution in [2.24, 2.45) is 10.9 Å². The maximum absolute atomic E-state index is 9.60. The number of rotatable bonds is 10. The number of hydrogen-bond donors (Lipinski definition) is 3. The van der Waals surface area contributed by atoms with E-state index in [4.69, 9.17) is 9.47 Å². The number of aliphatic hydroxyl groups excluding tert-OH is 1. The maximum atomic E-state index is 9.60. The summed E-state index contributed by atoms with van der Waals surface area (Å²) >= 11 is 0. The first-order chi connectivity index (χ1) is 12.3. The SMILES string of the molecule is CN=C(NCCCOCC1CCOC1)NCC(CO)c1ccccc1. The van der Waals surface area contributed by atoms with Gasteiger partial charge in [0, 0.05) is 45.2 Å². The topological polar surface area (TPSA) is 75.1 Å². The highest BCUT2D eigenvalue weighted by molar-refractivity contribution is 5.79. The van der Waals surface area contributed by atoms with E-state index in [1.807, 2.05) is 30.3 Å². The molecule has 1 aromatic carbocycles. The van der Waals surface area contributed by atoms with Crippen LogP contribution in [0.1, 0.15) is 24.3 Å². The van der Waals surface area contributed by atoms with Crippen LogP contribution in [0, 0.1) is 5.92 Å². The van der Waals surface area contributed by atoms with E-state index in [0.29, 0.717) is 12.5 Å². The molecule has 2 unspecified atom stereocenters. The number of hydrogen-bond acceptors (Lipinski definition) is 4. The predicted molar refractivity (Wildman–Crippen MR) is 100.0 cm³/mol. The van der Waals surface area contributed by atoms with Gasteiger partial charge < -0.3 is 25.2 Å². The van der Waals surface area contributed by atoms with Crippen LogP contribution in [0.15, 0.2) is 35.3 Å². The van der Waals surface area contributed by atoms with Crippen LogP contribution in [-0.2, 0) is 9.47 Å². The maximum Gasteiger partial charge on any atom is 0.191 e. The second kappa shape index (κ2) is 11.8. The zero-order valence-electron chi connectivity index (χ0n) is 15.1. The molecule has 0 radical (unpaired) electrons. The van der Waals surface area contributed by atoms with Crippen LogP contribution in [0.2, 0.25) is 0 Å². The standard InChI is InChI=1S/C19H31N3O3/c1-20-19(21-9-5-10-24-14-16-8-11-25-15-16)22-12-18(13-23)17-6-3-2-4-7-17/h2-4,6-7,16,18,23H,5,8-15H2,1H3,(H2,20,21,22). The molecular formula is C19H31N3O3. The predicted octanol–water partition coefficient (Wildman–Crippen LogP) is 1.37. The van der Waals surface area contributed by atoms with Crippen LogP contribution in [0.3, 0.4) is 0 Å². The van der Waals surface area contributed by atoms with Crippen molar-refractivity contribution in [3.05, 3.63) is 35.9 Å². The molecule has 0 aromatic heterocycles. The first-order valence-corrected chi connectivity index (χ1v) is 9.09. The van der Waals surface area contributed by atoms with E-state index in [1.54, 1.807) is 7.05 Å². The highest BCUT2D eigenvalue weighted by Gasteiger charge is 2.15. The van der Waals surface area contributed by atoms with Gasteiger partial charge in [0.25, 0.3) is 0 Å². The summed E-state index contributed by atoms with van der Waals surface area (Å²) in [5.74, 6) is 1.37. The zero-order chi connectivity index (χ0) is 17.7. The van der Waals surface area contributed by atoms with Gasteiger partial charge in [0.15, 0.2) is 5.96 Å². The molecule has 0 saturated carbocycles. The molecule has 1 fully saturated rings. The molecule has 2 atom stereocenters. The van der Waals surface area contributed by atoms with Crippen molar-refractivity contribution in [3.63, 3.8) is 0 Å². The number of nitrogens with zero attached hydrogens (tertiary/aromatic N) is 1. The van der Waals surface area contributed by atoms with Crippen LogP contribution in [0.25, 0.3) is 0 Å². The molecule has 0 amide bonds. The molecule has 2 rings (SSSR count). The Morgan fingerprint density at radius 3 is 2.88 bits per heavy atom. The molecule has 3 N–H and O–H groups in total. The first kappa shape index (κ1) is 19.7. The zero-order valence-corrected chi connectivity index (χ0v) is 15.1. The van der Waals surface area contributed by atoms with Gasteiger partial charge in [-0.15, -0.1) is 0 Å². The van der Waals surface area contributed by atoms with Gasteiger partial charge in [0.2, 0.25) is 0 Å². The molecule has 1 aromatic rings. The Morgan fingerprint density at radius 1 is 1.36 bits per heavy atom. The summed E-state index contributed by atoms with van der Waals surface area (Å²) in [7, 11) is 1.75. The summed E-state index contributed by atoms with van der Waals surface area (Å²) in [5.41, 5.74) is 1.12. The first-order valence-electron chi connectivity index (χ1n) is 9.09. The molecular weight excluding hydrogens is 318 g/mol. The van der Waals surface area contributed by atoms with E-state index in [-0.39, 0.29) is 12.5 Å². The average Bonchev–Trinajstić information content (AvgIpc) is 3.17. The number of benzene rings is 1. The summed E-state index contributed by atoms with van der Waals surface area (Å²) in [6, 6.07) is 10.0. The molecule has 6 heteroatoms. The monoisotopic (exact) mass is 349 g/mol. The molecule has 25 heavy (non-hydrogen) atoms. The van der Waals surface area contributed by atoms with Crippen LogP contribution < -0.4 is 10.6 Å². The Labute approximate surface area is 150 Å². The fourth-order valence-corrected chi connectivity index (χ4v) is 2.80. The summed E-state index contributed by atoms with van der Waals surface area (Å²) in [4.78, 5) is 4.22. The quantitative estimate of drug-likeness (QED) is 0.338. The normalized spacial score (nSPS) is 19.0. The lowest BCUT2D eigenvalue weighted by molar-refractivity contribution is 0.0888. The lowest BCUT2D eigenvalue weighted by Crippen LogP contribution is -2.40. The van der Waals surface area contributed by atoms with Crippen molar-refractivity contribution in [3.8, 4) is 0 Å². The number of aliphatic imine (C=N–C) groups is 1. The van der Waals surface area contributed by atoms with Crippen molar-refractivity contribution < 1.29 is 14.6 Å². The largest absolute Gasteiger partial charge is 0.396 e. The van der Waals surface area contributed by atoms with Crippen LogP contribution in [0.5, 0.6) is 0 Å². The molecule has 0 aliphatic carbocycles. The second-order valence-corrected chi connectivity index (χ2v) is 6.33. The number of guanidine groups is 1. The lowest BCUT2D eigenvalue weighted by atomic mass is 10.0. The van der Waals surface area contributed by atoms with Gasteiger partial charge >= 0.3 is 0 Å². The minimum Gasteiger partial charge on any atom is -0.396 e. The molecule has 1 aliphatic rings. The van der Waals surface area contributed by atoms with Gasteiger partial charge in [-0.05, 0) is 18.4 Å². The second-order valence-electron chi connectivity index (χ2n) is 6.33. The van der Waals surface area contributed by atoms with E-state index in [9.17, 15) is 5.11 Å². The molecule has 140 valence electrons. The Balaban J connectivity index is 1.58. The van der Waals surface area contributed by atoms with Gasteiger partial charge in [-0.25, -0.2) is 0 Å². The summed E-state index contributed by atoms with van der Waals surface area (Å²) in [5, 5.41) is 16.2. The number of nitrogens with one attached hydrogen (secondary N) is 2. The van der Waals surface area contributed by atoms with Crippen LogP contribution in [0.4, 0.5) is 0 Å². The van der Waals surface area contributed by atoms with E-state index in [0.717, 1.165) is 57.3 Å². The highest BCUT2D eigenvalue weighted by Crippen LogP contribution is 2.13. The molecule has 6 nitrogen and oxygen atoms in total. The smallest absolute Gasteiger partial charge is 0.191 e. The van der Waals surface area contributed by atoms with Crippen LogP contribution in [-0.4, -0.2) is 64.2 Å². The van der Waals surface area contributed by atoms with E-state index in [1.165, 1.54) is 0 Å². The van der Waals surface area contributed by atoms with E-state index < -0.39 is 0 Å². The van der Waals surface area contributed by atoms with Crippen molar-refractivity contribution >= 4 is 5.96 Å². The minimum absolute atomic E-state index is 0.0525. The molecule has 1 saturated heterocycles. The van der Waals surface area contributed by atoms with Crippen LogP contribution >= 0.6 is 0 Å². The van der Waals surface area contributed by atoms with Crippen molar-refractivity contribution in [2.45, 2.75) is 18.8 Å². The average molecular weight is 349 g/mol. The Hall–Kier alpha value is -1.63. The van der Waals surface area contributed by atoms with Gasteiger partial charge in [0.1, 0.15) is 0 Å². The third-order valence-electron chi connectivity index (χ3n) is 4.37. The lowest BCUT2D eigenvalue weighted by Gasteiger charge is -2.18. The van der Waals surface area contributed by atoms with Crippen molar-refractivity contribution in [2.75, 3.05) is 53.2 Å². The van der Waals surface area contributed by atoms with Gasteiger partial charge in [-0.3, -0.25) is 4.99 Å². The fourth-order valence-electron chi connectivity index (χ4n) is 2.80. The molecule has 0 spiro atoms. The Bertz CT molecular complexity index is 490. The molecule has 1 aliphatic heterocycles. The number of aliphatic hydroxyl groups is 1. The Morgan fingerprint density at radius 2 is 2.20 bits per heavy atom. The summed E-state index contributed by atoms with van der Waals surface area (Å²) in [6.45, 7) is 4.78. The van der Waals surface area contributed by atoms with E-state index >= 15 is 0 Å². The number of ether oxygens (including phenoxy) is 2. The van der Waals surface area contributed by atoms with Crippen molar-refractivity contribution in [1.82, 2.24) is 10.6 Å². The van der Waals surface area contributed by atoms with Gasteiger partial charge in [-0.1, -0.05) is 30.3 Å². The van der Waals surface area contributed by atoms with Gasteiger partial charge in [0.05, 0.1) is 19.8 Å². The summed E-state index contributed by atoms with van der Waals surface area (Å²) in [6.07, 6.45) is 2.04. The summed E-state index contributed by atoms with van der Waals surface area (Å²) < 4.78 is 11.0. The van der Waals surface area contributed by atoms with E-state index in [2.05, 4.69) is 15.6 Å². The molecule has 0 bridgehead atoms. The minimum atomic E-state index is 0.0525. The fraction of sp³-hybridized carbons (Fsp3) is 0.632. The molecule has 1 heterocycles. The van der Waals surface area contributed by atoms with Crippen molar-refractivity contribution in [1.29, 1.82) is 0 Å². The van der Waals surface area contributed by atoms with Gasteiger partial charge in [-0.2, -0.15) is 0 Å². The Kier molecular flexibility index (Phi) is 9.33. The third-order valence-corrected chi connectivity index (χ3v) is 4.37. The third kappa shape index (κ3) is 7.42. The highest BCUT2D eigenvalue weighted by atomic mass is 16.5.